The molecule has 55 heavy (non-hydrogen) atoms. The molecule has 0 amide bonds. The van der Waals surface area contributed by atoms with Crippen LogP contribution in [0.15, 0.2) is 48.6 Å². The van der Waals surface area contributed by atoms with E-state index in [9.17, 15) is 14.2 Å². The monoisotopic (exact) mass is 795 g/mol. The molecule has 0 aromatic heterocycles. The molecule has 3 atom stereocenters. The Morgan fingerprint density at radius 3 is 1.60 bits per heavy atom. The standard InChI is InChI=1S/C45H79O9P/c1-3-5-7-9-11-13-14-15-16-17-18-19-20-21-22-24-26-28-33-37-44(46)51-39-41(40-52-55(48,49)50)53-45(47)38-34-30-29-32-36-43-42(54-43)35-31-27-25-23-12-10-8-6-4-2/h12,15-16,23,27,29,31-32,41-43H,3-11,13-14,17-22,24-26,28,30,33-40H2,1-2H3,(H2,48,49,50)/b16-15-,23-12-,31-27-,32-29-/t41-,42?,43?/m1/s1. The first kappa shape index (κ1) is 51.0. The maximum absolute atomic E-state index is 12.4. The minimum atomic E-state index is -4.78. The molecule has 0 bridgehead atoms. The molecule has 0 radical (unpaired) electrons. The second kappa shape index (κ2) is 36.3. The summed E-state index contributed by atoms with van der Waals surface area (Å²) in [5.41, 5.74) is 0. The average Bonchev–Trinajstić information content (AvgIpc) is 3.91. The highest BCUT2D eigenvalue weighted by molar-refractivity contribution is 7.46. The predicted octanol–water partition coefficient (Wildman–Crippen LogP) is 12.5. The van der Waals surface area contributed by atoms with Crippen LogP contribution in [0.2, 0.25) is 0 Å². The van der Waals surface area contributed by atoms with Gasteiger partial charge in [-0.2, -0.15) is 0 Å². The first-order valence-corrected chi connectivity index (χ1v) is 23.6. The van der Waals surface area contributed by atoms with Crippen molar-refractivity contribution < 1.29 is 42.7 Å². The normalized spacial score (nSPS) is 16.6. The van der Waals surface area contributed by atoms with Crippen LogP contribution in [0, 0.1) is 0 Å². The van der Waals surface area contributed by atoms with E-state index in [4.69, 9.17) is 24.0 Å². The minimum Gasteiger partial charge on any atom is -0.462 e. The molecule has 0 spiro atoms. The van der Waals surface area contributed by atoms with Gasteiger partial charge in [0.15, 0.2) is 6.10 Å². The van der Waals surface area contributed by atoms with Crippen molar-refractivity contribution in [2.45, 2.75) is 212 Å². The fourth-order valence-corrected chi connectivity index (χ4v) is 6.64. The number of rotatable bonds is 39. The summed E-state index contributed by atoms with van der Waals surface area (Å²) in [6.45, 7) is 3.60. The van der Waals surface area contributed by atoms with E-state index in [1.54, 1.807) is 0 Å². The molecule has 9 nitrogen and oxygen atoms in total. The van der Waals surface area contributed by atoms with E-state index in [0.717, 1.165) is 44.9 Å². The Morgan fingerprint density at radius 1 is 0.564 bits per heavy atom. The number of allylic oxidation sites excluding steroid dienone is 6. The van der Waals surface area contributed by atoms with E-state index in [0.29, 0.717) is 19.3 Å². The van der Waals surface area contributed by atoms with Gasteiger partial charge in [0, 0.05) is 12.8 Å². The molecule has 1 fully saturated rings. The minimum absolute atomic E-state index is 0.127. The molecule has 1 rings (SSSR count). The number of phosphoric ester groups is 1. The van der Waals surface area contributed by atoms with E-state index < -0.39 is 32.5 Å². The number of ether oxygens (including phenoxy) is 3. The van der Waals surface area contributed by atoms with Crippen molar-refractivity contribution in [2.24, 2.45) is 0 Å². The van der Waals surface area contributed by atoms with Crippen LogP contribution in [0.1, 0.15) is 194 Å². The number of hydrogen-bond acceptors (Lipinski definition) is 7. The molecule has 1 saturated heterocycles. The highest BCUT2D eigenvalue weighted by atomic mass is 31.2. The Hall–Kier alpha value is -2.03. The molecule has 0 aliphatic carbocycles. The topological polar surface area (TPSA) is 132 Å². The highest BCUT2D eigenvalue weighted by Gasteiger charge is 2.36. The highest BCUT2D eigenvalue weighted by Crippen LogP contribution is 2.36. The zero-order valence-electron chi connectivity index (χ0n) is 34.8. The maximum Gasteiger partial charge on any atom is 0.469 e. The molecule has 0 saturated carbocycles. The van der Waals surface area contributed by atoms with Crippen molar-refractivity contribution in [2.75, 3.05) is 13.2 Å². The molecule has 1 heterocycles. The number of carbonyl (C=O) groups is 2. The third-order valence-electron chi connectivity index (χ3n) is 9.72. The van der Waals surface area contributed by atoms with Gasteiger partial charge in [0.05, 0.1) is 18.8 Å². The van der Waals surface area contributed by atoms with Gasteiger partial charge in [-0.3, -0.25) is 14.1 Å². The molecular weight excluding hydrogens is 715 g/mol. The Kier molecular flexibility index (Phi) is 33.7. The van der Waals surface area contributed by atoms with Gasteiger partial charge in [-0.05, 0) is 77.0 Å². The van der Waals surface area contributed by atoms with Crippen LogP contribution < -0.4 is 0 Å². The van der Waals surface area contributed by atoms with Crippen LogP contribution in [0.25, 0.3) is 0 Å². The smallest absolute Gasteiger partial charge is 0.462 e. The Morgan fingerprint density at radius 2 is 1.00 bits per heavy atom. The number of carbonyl (C=O) groups excluding carboxylic acids is 2. The van der Waals surface area contributed by atoms with Crippen molar-refractivity contribution in [1.29, 1.82) is 0 Å². The lowest BCUT2D eigenvalue weighted by Crippen LogP contribution is -2.29. The second-order valence-electron chi connectivity index (χ2n) is 15.1. The lowest BCUT2D eigenvalue weighted by Gasteiger charge is -2.18. The van der Waals surface area contributed by atoms with E-state index >= 15 is 0 Å². The first-order chi connectivity index (χ1) is 26.7. The fourth-order valence-electron chi connectivity index (χ4n) is 6.28. The summed E-state index contributed by atoms with van der Waals surface area (Å²) in [5, 5.41) is 0. The van der Waals surface area contributed by atoms with Gasteiger partial charge in [-0.25, -0.2) is 4.57 Å². The molecule has 2 N–H and O–H groups in total. The maximum atomic E-state index is 12.4. The third kappa shape index (κ3) is 36.1. The number of esters is 2. The summed E-state index contributed by atoms with van der Waals surface area (Å²) < 4.78 is 32.1. The van der Waals surface area contributed by atoms with Crippen LogP contribution in [0.4, 0.5) is 0 Å². The molecule has 1 aliphatic heterocycles. The van der Waals surface area contributed by atoms with Gasteiger partial charge in [0.25, 0.3) is 0 Å². The third-order valence-corrected chi connectivity index (χ3v) is 10.2. The first-order valence-electron chi connectivity index (χ1n) is 22.1. The summed E-state index contributed by atoms with van der Waals surface area (Å²) in [4.78, 5) is 43.0. The lowest BCUT2D eigenvalue weighted by molar-refractivity contribution is -0.161. The van der Waals surface area contributed by atoms with E-state index in [-0.39, 0.29) is 31.7 Å². The number of epoxide rings is 1. The van der Waals surface area contributed by atoms with E-state index in [1.165, 1.54) is 103 Å². The van der Waals surface area contributed by atoms with Crippen molar-refractivity contribution >= 4 is 19.8 Å². The van der Waals surface area contributed by atoms with E-state index in [2.05, 4.69) is 60.9 Å². The fraction of sp³-hybridized carbons (Fsp3) is 0.778. The molecule has 0 aromatic rings. The Labute approximate surface area is 335 Å². The van der Waals surface area contributed by atoms with Gasteiger partial charge >= 0.3 is 19.8 Å². The molecular formula is C45H79O9P. The summed E-state index contributed by atoms with van der Waals surface area (Å²) in [7, 11) is -4.78. The molecule has 318 valence electrons. The van der Waals surface area contributed by atoms with Gasteiger partial charge in [-0.15, -0.1) is 0 Å². The van der Waals surface area contributed by atoms with Crippen molar-refractivity contribution in [3.8, 4) is 0 Å². The Balaban J connectivity index is 2.09. The predicted molar refractivity (Wildman–Crippen MR) is 225 cm³/mol. The largest absolute Gasteiger partial charge is 0.469 e. The van der Waals surface area contributed by atoms with Crippen molar-refractivity contribution in [1.82, 2.24) is 0 Å². The zero-order chi connectivity index (χ0) is 40.1. The van der Waals surface area contributed by atoms with Crippen LogP contribution in [-0.2, 0) is 32.9 Å². The summed E-state index contributed by atoms with van der Waals surface area (Å²) in [6, 6.07) is 0. The molecule has 2 unspecified atom stereocenters. The quantitative estimate of drug-likeness (QED) is 0.0205. The number of phosphoric acid groups is 1. The Bertz CT molecular complexity index is 1100. The van der Waals surface area contributed by atoms with Crippen LogP contribution in [0.5, 0.6) is 0 Å². The van der Waals surface area contributed by atoms with Crippen molar-refractivity contribution in [3.05, 3.63) is 48.6 Å². The van der Waals surface area contributed by atoms with Crippen LogP contribution in [0.3, 0.4) is 0 Å². The van der Waals surface area contributed by atoms with E-state index in [1.807, 2.05) is 6.08 Å². The number of unbranched alkanes of at least 4 members (excludes halogenated alkanes) is 19. The molecule has 10 heteroatoms. The van der Waals surface area contributed by atoms with Crippen molar-refractivity contribution in [3.63, 3.8) is 0 Å². The summed E-state index contributed by atoms with van der Waals surface area (Å²) in [5.74, 6) is -0.959. The van der Waals surface area contributed by atoms with Gasteiger partial charge in [0.2, 0.25) is 0 Å². The lowest BCUT2D eigenvalue weighted by atomic mass is 10.1. The van der Waals surface area contributed by atoms with Crippen LogP contribution >= 0.6 is 7.82 Å². The summed E-state index contributed by atoms with van der Waals surface area (Å²) >= 11 is 0. The van der Waals surface area contributed by atoms with Gasteiger partial charge in [-0.1, -0.05) is 152 Å². The average molecular weight is 795 g/mol. The zero-order valence-corrected chi connectivity index (χ0v) is 35.7. The van der Waals surface area contributed by atoms with Gasteiger partial charge < -0.3 is 24.0 Å². The second-order valence-corrected chi connectivity index (χ2v) is 16.3. The van der Waals surface area contributed by atoms with Crippen LogP contribution in [-0.4, -0.2) is 53.3 Å². The number of hydrogen-bond donors (Lipinski definition) is 2. The molecule has 1 aliphatic rings. The molecule has 0 aromatic carbocycles. The van der Waals surface area contributed by atoms with Gasteiger partial charge in [0.1, 0.15) is 6.61 Å². The SMILES string of the molecule is CCCCC/C=C\C/C=C\CC1OC1C/C=C\CCCC(=O)O[C@H](COC(=O)CCCCCCCCCCC/C=C\CCCCCCCC)COP(=O)(O)O. The summed E-state index contributed by atoms with van der Waals surface area (Å²) in [6.07, 6.45) is 47.2.